The summed E-state index contributed by atoms with van der Waals surface area (Å²) in [7, 11) is 0. The van der Waals surface area contributed by atoms with Gasteiger partial charge in [-0.15, -0.1) is 0 Å². The third-order valence-electron chi connectivity index (χ3n) is 5.22. The Labute approximate surface area is 135 Å². The lowest BCUT2D eigenvalue weighted by Gasteiger charge is -2.25. The zero-order valence-corrected chi connectivity index (χ0v) is 12.9. The molecule has 5 rings (SSSR count). The Balaban J connectivity index is 1.79. The maximum atomic E-state index is 4.51. The highest BCUT2D eigenvalue weighted by Gasteiger charge is 2.25. The van der Waals surface area contributed by atoms with Gasteiger partial charge in [0.2, 0.25) is 0 Å². The number of nitrogens with zero attached hydrogens (tertiary/aromatic N) is 1. The number of rotatable bonds is 1. The summed E-state index contributed by atoms with van der Waals surface area (Å²) in [5.41, 5.74) is 2.97. The lowest BCUT2D eigenvalue weighted by atomic mass is 9.79. The van der Waals surface area contributed by atoms with Crippen molar-refractivity contribution in [2.45, 2.75) is 25.2 Å². The van der Waals surface area contributed by atoms with Crippen molar-refractivity contribution < 1.29 is 0 Å². The first-order valence-electron chi connectivity index (χ1n) is 8.34. The monoisotopic (exact) mass is 298 g/mol. The van der Waals surface area contributed by atoms with Gasteiger partial charge in [0.1, 0.15) is 5.82 Å². The Bertz CT molecular complexity index is 999. The van der Waals surface area contributed by atoms with Gasteiger partial charge in [0.05, 0.1) is 0 Å². The summed E-state index contributed by atoms with van der Waals surface area (Å²) in [5, 5.41) is 5.46. The summed E-state index contributed by atoms with van der Waals surface area (Å²) in [6.45, 7) is 0. The number of aryl methyl sites for hydroxylation is 1. The van der Waals surface area contributed by atoms with Crippen molar-refractivity contribution in [2.24, 2.45) is 0 Å². The molecule has 1 aliphatic carbocycles. The van der Waals surface area contributed by atoms with Crippen molar-refractivity contribution in [3.8, 4) is 0 Å². The van der Waals surface area contributed by atoms with Gasteiger partial charge in [0, 0.05) is 18.3 Å². The van der Waals surface area contributed by atoms with Crippen molar-refractivity contribution >= 4 is 21.5 Å². The predicted octanol–water partition coefficient (Wildman–Crippen LogP) is 5.18. The van der Waals surface area contributed by atoms with Gasteiger partial charge in [0.25, 0.3) is 0 Å². The molecule has 0 saturated carbocycles. The molecule has 4 aromatic rings. The Morgan fingerprint density at radius 2 is 1.83 bits per heavy atom. The number of nitrogens with one attached hydrogen (secondary N) is 1. The van der Waals surface area contributed by atoms with E-state index in [-0.39, 0.29) is 0 Å². The van der Waals surface area contributed by atoms with Gasteiger partial charge >= 0.3 is 0 Å². The van der Waals surface area contributed by atoms with Crippen LogP contribution in [-0.4, -0.2) is 9.97 Å². The van der Waals surface area contributed by atoms with Crippen LogP contribution in [0.25, 0.3) is 21.5 Å². The highest BCUT2D eigenvalue weighted by molar-refractivity contribution is 6.08. The number of aromatic amines is 1. The largest absolute Gasteiger partial charge is 0.348 e. The van der Waals surface area contributed by atoms with Crippen LogP contribution in [0.5, 0.6) is 0 Å². The molecule has 0 spiro atoms. The van der Waals surface area contributed by atoms with E-state index in [1.54, 1.807) is 0 Å². The number of hydrogen-bond acceptors (Lipinski definition) is 1. The van der Waals surface area contributed by atoms with E-state index in [2.05, 4.69) is 58.5 Å². The molecule has 2 heteroatoms. The number of imidazole rings is 1. The Hall–Kier alpha value is -2.61. The third kappa shape index (κ3) is 1.91. The van der Waals surface area contributed by atoms with E-state index >= 15 is 0 Å². The van der Waals surface area contributed by atoms with E-state index in [1.807, 2.05) is 12.4 Å². The minimum atomic E-state index is 0.407. The van der Waals surface area contributed by atoms with E-state index in [0.29, 0.717) is 5.92 Å². The Morgan fingerprint density at radius 1 is 0.913 bits per heavy atom. The van der Waals surface area contributed by atoms with Crippen LogP contribution in [0.4, 0.5) is 0 Å². The van der Waals surface area contributed by atoms with E-state index in [4.69, 9.17) is 0 Å². The Kier molecular flexibility index (Phi) is 2.77. The topological polar surface area (TPSA) is 28.7 Å². The van der Waals surface area contributed by atoms with E-state index in [0.717, 1.165) is 5.82 Å². The number of H-pyrrole nitrogens is 1. The molecule has 3 aromatic carbocycles. The zero-order chi connectivity index (χ0) is 15.2. The van der Waals surface area contributed by atoms with Crippen LogP contribution in [0.3, 0.4) is 0 Å². The zero-order valence-electron chi connectivity index (χ0n) is 12.9. The molecule has 1 N–H and O–H groups in total. The molecule has 0 radical (unpaired) electrons. The second-order valence-electron chi connectivity index (χ2n) is 6.43. The molecule has 1 aliphatic rings. The van der Waals surface area contributed by atoms with Crippen LogP contribution >= 0.6 is 0 Å². The number of hydrogen-bond donors (Lipinski definition) is 1. The lowest BCUT2D eigenvalue weighted by molar-refractivity contribution is 0.598. The van der Waals surface area contributed by atoms with Crippen molar-refractivity contribution in [1.82, 2.24) is 9.97 Å². The fourth-order valence-electron chi connectivity index (χ4n) is 4.16. The van der Waals surface area contributed by atoms with Gasteiger partial charge in [0.15, 0.2) is 0 Å². The van der Waals surface area contributed by atoms with E-state index in [1.165, 1.54) is 51.9 Å². The van der Waals surface area contributed by atoms with Gasteiger partial charge in [-0.1, -0.05) is 48.5 Å². The molecule has 0 aliphatic heterocycles. The van der Waals surface area contributed by atoms with Crippen molar-refractivity contribution in [1.29, 1.82) is 0 Å². The van der Waals surface area contributed by atoms with Crippen LogP contribution in [0.15, 0.2) is 60.9 Å². The first-order valence-corrected chi connectivity index (χ1v) is 8.34. The van der Waals surface area contributed by atoms with Crippen LogP contribution < -0.4 is 0 Å². The standard InChI is InChI=1S/C21H18N2/c1-2-5-15-14(4-1)8-9-18-16-6-3-7-20(21-22-12-13-23-21)19(16)11-10-17(15)18/h1-2,4-5,8-13,20H,3,6-7H2,(H,22,23). The molecule has 1 unspecified atom stereocenters. The number of fused-ring (bicyclic) bond motifs is 5. The average Bonchev–Trinajstić information content (AvgIpc) is 3.15. The highest BCUT2D eigenvalue weighted by Crippen LogP contribution is 2.40. The smallest absolute Gasteiger partial charge is 0.113 e. The fraction of sp³-hybridized carbons (Fsp3) is 0.190. The minimum Gasteiger partial charge on any atom is -0.348 e. The molecule has 1 aromatic heterocycles. The van der Waals surface area contributed by atoms with E-state index in [9.17, 15) is 0 Å². The number of aromatic nitrogens is 2. The average molecular weight is 298 g/mol. The molecule has 1 heterocycles. The summed E-state index contributed by atoms with van der Waals surface area (Å²) in [6, 6.07) is 17.9. The second kappa shape index (κ2) is 4.95. The summed E-state index contributed by atoms with van der Waals surface area (Å²) < 4.78 is 0. The molecular formula is C21H18N2. The number of benzene rings is 3. The first kappa shape index (κ1) is 12.9. The molecule has 23 heavy (non-hydrogen) atoms. The lowest BCUT2D eigenvalue weighted by Crippen LogP contribution is -2.12. The van der Waals surface area contributed by atoms with Crippen LogP contribution in [0.2, 0.25) is 0 Å². The Morgan fingerprint density at radius 3 is 2.74 bits per heavy atom. The van der Waals surface area contributed by atoms with Crippen LogP contribution in [0.1, 0.15) is 35.7 Å². The third-order valence-corrected chi connectivity index (χ3v) is 5.22. The maximum Gasteiger partial charge on any atom is 0.113 e. The van der Waals surface area contributed by atoms with Crippen LogP contribution in [0, 0.1) is 0 Å². The van der Waals surface area contributed by atoms with Gasteiger partial charge in [-0.25, -0.2) is 4.98 Å². The first-order chi connectivity index (χ1) is 11.4. The summed E-state index contributed by atoms with van der Waals surface area (Å²) in [4.78, 5) is 7.83. The van der Waals surface area contributed by atoms with Crippen molar-refractivity contribution in [3.05, 3.63) is 77.9 Å². The molecule has 0 saturated heterocycles. The second-order valence-corrected chi connectivity index (χ2v) is 6.43. The fourth-order valence-corrected chi connectivity index (χ4v) is 4.16. The molecule has 112 valence electrons. The van der Waals surface area contributed by atoms with Gasteiger partial charge < -0.3 is 4.98 Å². The molecule has 2 nitrogen and oxygen atoms in total. The maximum absolute atomic E-state index is 4.51. The minimum absolute atomic E-state index is 0.407. The van der Waals surface area contributed by atoms with Gasteiger partial charge in [-0.05, 0) is 51.9 Å². The SMILES string of the molecule is c1ccc2c(c1)ccc1c3c(ccc12)C(c1ncc[nH]1)CCC3. The molecule has 0 bridgehead atoms. The summed E-state index contributed by atoms with van der Waals surface area (Å²) in [5.74, 6) is 1.51. The van der Waals surface area contributed by atoms with Crippen molar-refractivity contribution in [3.63, 3.8) is 0 Å². The normalized spacial score (nSPS) is 17.5. The molecule has 1 atom stereocenters. The quantitative estimate of drug-likeness (QED) is 0.482. The van der Waals surface area contributed by atoms with Crippen LogP contribution in [-0.2, 0) is 6.42 Å². The summed E-state index contributed by atoms with van der Waals surface area (Å²) in [6.07, 6.45) is 7.36. The van der Waals surface area contributed by atoms with Crippen molar-refractivity contribution in [2.75, 3.05) is 0 Å². The van der Waals surface area contributed by atoms with Gasteiger partial charge in [-0.3, -0.25) is 0 Å². The van der Waals surface area contributed by atoms with Gasteiger partial charge in [-0.2, -0.15) is 0 Å². The summed E-state index contributed by atoms with van der Waals surface area (Å²) >= 11 is 0. The predicted molar refractivity (Wildman–Crippen MR) is 94.8 cm³/mol. The highest BCUT2D eigenvalue weighted by atomic mass is 14.9. The van der Waals surface area contributed by atoms with E-state index < -0.39 is 0 Å². The molecule has 0 fully saturated rings. The molecule has 0 amide bonds. The molecular weight excluding hydrogens is 280 g/mol.